The van der Waals surface area contributed by atoms with Crippen molar-refractivity contribution in [1.29, 1.82) is 0 Å². The fraction of sp³-hybridized carbons (Fsp3) is 0.441. The molecule has 4 aliphatic rings. The topological polar surface area (TPSA) is 90.4 Å². The maximum absolute atomic E-state index is 14.9. The standard InChI is InChI=1S/C34H38ClN3O5/c1-4-17-36-18-9-15-33(3)26(30(36)40)27-31(41)38(24(21-39)20-23-12-6-5-7-13-23)29-32(42)37(19-10-16-34(27,29)43-33)28-22(2)11-8-14-25(28)35/h5-16,24,26-27,29,39H,4,17-21H2,1-3H3/t24-,26-,27+,29?,33+,34+/m1/s1. The largest absolute Gasteiger partial charge is 0.394 e. The average Bonchev–Trinajstić information content (AvgIpc) is 3.26. The molecule has 9 heteroatoms. The smallest absolute Gasteiger partial charge is 0.253 e. The molecule has 6 atom stereocenters. The summed E-state index contributed by atoms with van der Waals surface area (Å²) in [6, 6.07) is 13.2. The first-order valence-corrected chi connectivity index (χ1v) is 15.4. The number of ether oxygens (including phenoxy) is 1. The van der Waals surface area contributed by atoms with Crippen molar-refractivity contribution in [2.45, 2.75) is 56.9 Å². The summed E-state index contributed by atoms with van der Waals surface area (Å²) in [5.41, 5.74) is -0.212. The Morgan fingerprint density at radius 1 is 0.977 bits per heavy atom. The number of amides is 3. The average molecular weight is 604 g/mol. The molecule has 0 aromatic heterocycles. The van der Waals surface area contributed by atoms with Gasteiger partial charge in [0.05, 0.1) is 40.8 Å². The highest BCUT2D eigenvalue weighted by molar-refractivity contribution is 6.34. The number of aliphatic hydroxyl groups excluding tert-OH is 1. The van der Waals surface area contributed by atoms with Crippen LogP contribution in [0.1, 0.15) is 31.4 Å². The monoisotopic (exact) mass is 603 g/mol. The predicted molar refractivity (Wildman–Crippen MR) is 165 cm³/mol. The number of rotatable bonds is 7. The van der Waals surface area contributed by atoms with Gasteiger partial charge in [0.15, 0.2) is 0 Å². The van der Waals surface area contributed by atoms with E-state index < -0.39 is 35.1 Å². The van der Waals surface area contributed by atoms with Crippen molar-refractivity contribution in [3.63, 3.8) is 0 Å². The number of carbonyl (C=O) groups excluding carboxylic acids is 3. The van der Waals surface area contributed by atoms with Crippen molar-refractivity contribution in [2.75, 3.05) is 31.1 Å². The fourth-order valence-corrected chi connectivity index (χ4v) is 8.00. The van der Waals surface area contributed by atoms with Gasteiger partial charge in [-0.2, -0.15) is 0 Å². The molecular weight excluding hydrogens is 566 g/mol. The van der Waals surface area contributed by atoms with Crippen LogP contribution in [-0.4, -0.2) is 82.2 Å². The van der Waals surface area contributed by atoms with Crippen molar-refractivity contribution in [3.8, 4) is 0 Å². The van der Waals surface area contributed by atoms with Gasteiger partial charge in [0.25, 0.3) is 5.91 Å². The van der Waals surface area contributed by atoms with Crippen LogP contribution in [0.3, 0.4) is 0 Å². The first-order chi connectivity index (χ1) is 20.7. The van der Waals surface area contributed by atoms with E-state index >= 15 is 0 Å². The van der Waals surface area contributed by atoms with Gasteiger partial charge in [-0.1, -0.05) is 85.3 Å². The zero-order valence-electron chi connectivity index (χ0n) is 24.8. The lowest BCUT2D eigenvalue weighted by molar-refractivity contribution is -0.151. The van der Waals surface area contributed by atoms with E-state index in [0.717, 1.165) is 17.5 Å². The second kappa shape index (κ2) is 11.2. The van der Waals surface area contributed by atoms with Crippen LogP contribution in [0.2, 0.25) is 5.02 Å². The van der Waals surface area contributed by atoms with Crippen LogP contribution in [0, 0.1) is 18.8 Å². The van der Waals surface area contributed by atoms with Gasteiger partial charge in [0.2, 0.25) is 11.8 Å². The van der Waals surface area contributed by atoms with E-state index in [1.54, 1.807) is 15.9 Å². The number of benzene rings is 2. The zero-order valence-corrected chi connectivity index (χ0v) is 25.5. The van der Waals surface area contributed by atoms with E-state index in [1.807, 2.05) is 87.5 Å². The molecule has 1 unspecified atom stereocenters. The first kappa shape index (κ1) is 29.6. The predicted octanol–water partition coefficient (Wildman–Crippen LogP) is 3.93. The highest BCUT2D eigenvalue weighted by atomic mass is 35.5. The molecule has 2 saturated heterocycles. The molecule has 0 saturated carbocycles. The molecule has 0 bridgehead atoms. The summed E-state index contributed by atoms with van der Waals surface area (Å²) in [4.78, 5) is 48.8. The van der Waals surface area contributed by atoms with Crippen molar-refractivity contribution < 1.29 is 24.2 Å². The molecule has 2 fully saturated rings. The van der Waals surface area contributed by atoms with E-state index in [0.29, 0.717) is 30.2 Å². The van der Waals surface area contributed by atoms with E-state index in [1.165, 1.54) is 4.90 Å². The Morgan fingerprint density at radius 3 is 2.42 bits per heavy atom. The van der Waals surface area contributed by atoms with E-state index in [4.69, 9.17) is 16.3 Å². The van der Waals surface area contributed by atoms with Crippen LogP contribution in [-0.2, 0) is 25.5 Å². The van der Waals surface area contributed by atoms with Gasteiger partial charge in [-0.3, -0.25) is 14.4 Å². The first-order valence-electron chi connectivity index (χ1n) is 15.0. The summed E-state index contributed by atoms with van der Waals surface area (Å²) < 4.78 is 6.94. The fourth-order valence-electron chi connectivity index (χ4n) is 7.68. The molecule has 3 amide bonds. The molecule has 4 heterocycles. The molecular formula is C34H38ClN3O5. The number of para-hydroxylation sites is 1. The highest BCUT2D eigenvalue weighted by Crippen LogP contribution is 2.58. The van der Waals surface area contributed by atoms with E-state index in [9.17, 15) is 19.5 Å². The lowest BCUT2D eigenvalue weighted by Crippen LogP contribution is -2.59. The third-order valence-corrected chi connectivity index (χ3v) is 9.75. The van der Waals surface area contributed by atoms with Crippen LogP contribution in [0.25, 0.3) is 0 Å². The molecule has 1 N–H and O–H groups in total. The molecule has 0 radical (unpaired) electrons. The van der Waals surface area contributed by atoms with Gasteiger partial charge >= 0.3 is 0 Å². The third-order valence-electron chi connectivity index (χ3n) is 9.45. The Morgan fingerprint density at radius 2 is 1.72 bits per heavy atom. The van der Waals surface area contributed by atoms with Gasteiger partial charge < -0.3 is 24.5 Å². The summed E-state index contributed by atoms with van der Waals surface area (Å²) >= 11 is 6.67. The van der Waals surface area contributed by atoms with Gasteiger partial charge in [0.1, 0.15) is 11.6 Å². The summed E-state index contributed by atoms with van der Waals surface area (Å²) in [7, 11) is 0. The molecule has 6 rings (SSSR count). The summed E-state index contributed by atoms with van der Waals surface area (Å²) in [5.74, 6) is -2.65. The molecule has 2 aromatic carbocycles. The summed E-state index contributed by atoms with van der Waals surface area (Å²) in [6.45, 7) is 6.59. The van der Waals surface area contributed by atoms with Gasteiger partial charge in [-0.05, 0) is 43.9 Å². The van der Waals surface area contributed by atoms with Crippen LogP contribution in [0.15, 0.2) is 72.8 Å². The number of carbonyl (C=O) groups is 3. The lowest BCUT2D eigenvalue weighted by Gasteiger charge is -2.40. The van der Waals surface area contributed by atoms with Crippen LogP contribution in [0.4, 0.5) is 5.69 Å². The summed E-state index contributed by atoms with van der Waals surface area (Å²) in [6.07, 6.45) is 8.60. The molecule has 0 aliphatic carbocycles. The maximum Gasteiger partial charge on any atom is 0.253 e. The number of hydrogen-bond donors (Lipinski definition) is 1. The maximum atomic E-state index is 14.9. The summed E-state index contributed by atoms with van der Waals surface area (Å²) in [5, 5.41) is 11.2. The normalized spacial score (nSPS) is 30.7. The van der Waals surface area contributed by atoms with Crippen LogP contribution >= 0.6 is 11.6 Å². The van der Waals surface area contributed by atoms with Crippen LogP contribution < -0.4 is 4.90 Å². The molecule has 2 aromatic rings. The van der Waals surface area contributed by atoms with Crippen molar-refractivity contribution >= 4 is 35.0 Å². The SMILES string of the molecule is CCCN1CC=C[C@]2(C)O[C@]34C=CCN(c5c(C)cccc5Cl)C(=O)C3N([C@@H](CO)Cc3ccccc3)C(=O)[C@@H]4[C@@H]2C1=O. The quantitative estimate of drug-likeness (QED) is 0.485. The number of hydrogen-bond acceptors (Lipinski definition) is 5. The number of aryl methyl sites for hydroxylation is 1. The lowest BCUT2D eigenvalue weighted by atomic mass is 9.74. The Kier molecular flexibility index (Phi) is 7.73. The second-order valence-electron chi connectivity index (χ2n) is 12.2. The van der Waals surface area contributed by atoms with E-state index in [-0.39, 0.29) is 30.9 Å². The van der Waals surface area contributed by atoms with Gasteiger partial charge in [-0.25, -0.2) is 0 Å². The Labute approximate surface area is 257 Å². The minimum absolute atomic E-state index is 0.155. The highest BCUT2D eigenvalue weighted by Gasteiger charge is 2.75. The molecule has 43 heavy (non-hydrogen) atoms. The molecule has 226 valence electrons. The van der Waals surface area contributed by atoms with Crippen molar-refractivity contribution in [2.24, 2.45) is 11.8 Å². The number of anilines is 1. The van der Waals surface area contributed by atoms with Crippen LogP contribution in [0.5, 0.6) is 0 Å². The number of halogens is 1. The molecule has 8 nitrogen and oxygen atoms in total. The number of aliphatic hydroxyl groups is 1. The Bertz CT molecular complexity index is 1470. The minimum Gasteiger partial charge on any atom is -0.394 e. The Hall–Kier alpha value is -3.46. The second-order valence-corrected chi connectivity index (χ2v) is 12.6. The zero-order chi connectivity index (χ0) is 30.5. The third kappa shape index (κ3) is 4.62. The number of likely N-dealkylation sites (tertiary alicyclic amines) is 1. The Balaban J connectivity index is 1.52. The number of fused-ring (bicyclic) bond motifs is 2. The number of nitrogens with zero attached hydrogens (tertiary/aromatic N) is 3. The van der Waals surface area contributed by atoms with Gasteiger partial charge in [0, 0.05) is 19.6 Å². The molecule has 4 aliphatic heterocycles. The van der Waals surface area contributed by atoms with Gasteiger partial charge in [-0.15, -0.1) is 0 Å². The van der Waals surface area contributed by atoms with Crippen molar-refractivity contribution in [3.05, 3.63) is 89.0 Å². The van der Waals surface area contributed by atoms with Crippen molar-refractivity contribution in [1.82, 2.24) is 9.80 Å². The minimum atomic E-state index is -1.42. The molecule has 1 spiro atoms. The van der Waals surface area contributed by atoms with E-state index in [2.05, 4.69) is 0 Å².